The van der Waals surface area contributed by atoms with Gasteiger partial charge in [0.05, 0.1) is 6.54 Å². The molecule has 7 nitrogen and oxygen atoms in total. The van der Waals surface area contributed by atoms with Gasteiger partial charge in [-0.05, 0) is 30.9 Å². The predicted octanol–water partition coefficient (Wildman–Crippen LogP) is 2.28. The molecule has 3 rings (SSSR count). The molecule has 7 heteroatoms. The van der Waals surface area contributed by atoms with E-state index in [0.29, 0.717) is 29.7 Å². The summed E-state index contributed by atoms with van der Waals surface area (Å²) in [5.74, 6) is 2.45. The second-order valence-electron chi connectivity index (χ2n) is 6.49. The first kappa shape index (κ1) is 16.4. The van der Waals surface area contributed by atoms with Crippen LogP contribution in [0.2, 0.25) is 0 Å². The van der Waals surface area contributed by atoms with Crippen molar-refractivity contribution in [3.63, 3.8) is 0 Å². The topological polar surface area (TPSA) is 75.4 Å². The molecule has 1 saturated heterocycles. The van der Waals surface area contributed by atoms with Gasteiger partial charge in [-0.1, -0.05) is 12.1 Å². The maximum absolute atomic E-state index is 12.6. The highest BCUT2D eigenvalue weighted by atomic mass is 16.5. The van der Waals surface area contributed by atoms with Gasteiger partial charge < -0.3 is 14.3 Å². The third-order valence-electron chi connectivity index (χ3n) is 4.27. The van der Waals surface area contributed by atoms with Crippen LogP contribution in [0.4, 0.5) is 5.82 Å². The normalized spacial score (nSPS) is 17.8. The highest BCUT2D eigenvalue weighted by Gasteiger charge is 2.20. The fourth-order valence-corrected chi connectivity index (χ4v) is 3.03. The molecule has 1 aliphatic rings. The molecule has 0 bridgehead atoms. The van der Waals surface area contributed by atoms with E-state index in [9.17, 15) is 4.79 Å². The molecule has 0 radical (unpaired) electrons. The van der Waals surface area contributed by atoms with Crippen molar-refractivity contribution in [3.8, 4) is 0 Å². The van der Waals surface area contributed by atoms with Crippen molar-refractivity contribution in [1.29, 1.82) is 0 Å². The molecule has 1 fully saturated rings. The Labute approximate surface area is 141 Å². The average Bonchev–Trinajstić information content (AvgIpc) is 2.99. The Bertz CT molecular complexity index is 715. The van der Waals surface area contributed by atoms with Crippen LogP contribution in [0.3, 0.4) is 0 Å². The molecule has 128 valence electrons. The van der Waals surface area contributed by atoms with Gasteiger partial charge in [-0.15, -0.1) is 0 Å². The van der Waals surface area contributed by atoms with Gasteiger partial charge in [0, 0.05) is 38.8 Å². The van der Waals surface area contributed by atoms with Crippen molar-refractivity contribution in [2.75, 3.05) is 25.0 Å². The predicted molar refractivity (Wildman–Crippen MR) is 89.7 cm³/mol. The van der Waals surface area contributed by atoms with Crippen LogP contribution in [0.5, 0.6) is 0 Å². The lowest BCUT2D eigenvalue weighted by Gasteiger charge is -2.32. The summed E-state index contributed by atoms with van der Waals surface area (Å²) in [6, 6.07) is 3.62. The maximum atomic E-state index is 12.6. The van der Waals surface area contributed by atoms with Crippen LogP contribution in [0.1, 0.15) is 41.8 Å². The van der Waals surface area contributed by atoms with Crippen LogP contribution in [0.15, 0.2) is 22.9 Å². The van der Waals surface area contributed by atoms with Crippen molar-refractivity contribution >= 4 is 11.7 Å². The second-order valence-corrected chi connectivity index (χ2v) is 6.49. The summed E-state index contributed by atoms with van der Waals surface area (Å²) in [6.07, 6.45) is 4.12. The molecular formula is C17H23N5O2. The van der Waals surface area contributed by atoms with Gasteiger partial charge in [-0.3, -0.25) is 4.79 Å². The Morgan fingerprint density at radius 1 is 1.50 bits per heavy atom. The number of carbonyl (C=O) groups excluding carboxylic acids is 1. The molecular weight excluding hydrogens is 306 g/mol. The number of hydrogen-bond donors (Lipinski definition) is 0. The molecule has 0 spiro atoms. The van der Waals surface area contributed by atoms with Crippen molar-refractivity contribution < 1.29 is 9.32 Å². The number of rotatable bonds is 4. The van der Waals surface area contributed by atoms with E-state index in [1.54, 1.807) is 31.1 Å². The Hall–Kier alpha value is -2.44. The van der Waals surface area contributed by atoms with E-state index in [4.69, 9.17) is 4.52 Å². The molecule has 24 heavy (non-hydrogen) atoms. The first-order chi connectivity index (χ1) is 11.5. The molecule has 0 N–H and O–H groups in total. The highest BCUT2D eigenvalue weighted by Crippen LogP contribution is 2.22. The lowest BCUT2D eigenvalue weighted by atomic mass is 10.0. The number of nitrogens with zero attached hydrogens (tertiary/aromatic N) is 5. The van der Waals surface area contributed by atoms with Gasteiger partial charge in [0.2, 0.25) is 5.89 Å². The molecule has 0 aliphatic carbocycles. The smallest absolute Gasteiger partial charge is 0.254 e. The monoisotopic (exact) mass is 329 g/mol. The number of carbonyl (C=O) groups is 1. The van der Waals surface area contributed by atoms with E-state index in [-0.39, 0.29) is 5.91 Å². The van der Waals surface area contributed by atoms with E-state index in [1.165, 1.54) is 6.42 Å². The Morgan fingerprint density at radius 3 is 3.04 bits per heavy atom. The van der Waals surface area contributed by atoms with Crippen LogP contribution >= 0.6 is 0 Å². The summed E-state index contributed by atoms with van der Waals surface area (Å²) >= 11 is 0. The zero-order valence-corrected chi connectivity index (χ0v) is 14.4. The molecule has 0 aromatic carbocycles. The second kappa shape index (κ2) is 6.98. The van der Waals surface area contributed by atoms with Crippen LogP contribution in [-0.2, 0) is 6.54 Å². The first-order valence-electron chi connectivity index (χ1n) is 8.28. The lowest BCUT2D eigenvalue weighted by Crippen LogP contribution is -2.35. The number of anilines is 1. The minimum atomic E-state index is -0.0776. The Kier molecular flexibility index (Phi) is 4.78. The zero-order chi connectivity index (χ0) is 17.1. The summed E-state index contributed by atoms with van der Waals surface area (Å²) in [4.78, 5) is 25.1. The SMILES string of the molecule is Cc1nc(CN(C)C(=O)c2ccnc(N3CCCC(C)C3)c2)no1. The lowest BCUT2D eigenvalue weighted by molar-refractivity contribution is 0.0780. The number of hydrogen-bond acceptors (Lipinski definition) is 6. The van der Waals surface area contributed by atoms with E-state index in [2.05, 4.69) is 26.9 Å². The molecule has 1 aliphatic heterocycles. The van der Waals surface area contributed by atoms with Crippen LogP contribution in [0, 0.1) is 12.8 Å². The Balaban J connectivity index is 1.71. The third-order valence-corrected chi connectivity index (χ3v) is 4.27. The third kappa shape index (κ3) is 3.72. The molecule has 2 aromatic heterocycles. The summed E-state index contributed by atoms with van der Waals surface area (Å²) in [7, 11) is 1.73. The van der Waals surface area contributed by atoms with Crippen LogP contribution in [-0.4, -0.2) is 46.1 Å². The van der Waals surface area contributed by atoms with E-state index in [1.807, 2.05) is 6.07 Å². The molecule has 1 unspecified atom stereocenters. The number of aromatic nitrogens is 3. The first-order valence-corrected chi connectivity index (χ1v) is 8.28. The van der Waals surface area contributed by atoms with Gasteiger partial charge in [-0.2, -0.15) is 4.98 Å². The molecule has 3 heterocycles. The zero-order valence-electron chi connectivity index (χ0n) is 14.4. The average molecular weight is 329 g/mol. The summed E-state index contributed by atoms with van der Waals surface area (Å²) in [5, 5.41) is 3.83. The highest BCUT2D eigenvalue weighted by molar-refractivity contribution is 5.94. The Morgan fingerprint density at radius 2 is 2.33 bits per heavy atom. The van der Waals surface area contributed by atoms with Crippen molar-refractivity contribution in [2.45, 2.75) is 33.2 Å². The van der Waals surface area contributed by atoms with Crippen molar-refractivity contribution in [1.82, 2.24) is 20.0 Å². The van der Waals surface area contributed by atoms with Gasteiger partial charge in [0.25, 0.3) is 5.91 Å². The number of piperidine rings is 1. The molecule has 0 saturated carbocycles. The van der Waals surface area contributed by atoms with Crippen molar-refractivity contribution in [2.24, 2.45) is 5.92 Å². The van der Waals surface area contributed by atoms with E-state index in [0.717, 1.165) is 25.3 Å². The largest absolute Gasteiger partial charge is 0.356 e. The number of aryl methyl sites for hydroxylation is 1. The van der Waals surface area contributed by atoms with E-state index < -0.39 is 0 Å². The maximum Gasteiger partial charge on any atom is 0.254 e. The van der Waals surface area contributed by atoms with Gasteiger partial charge in [-0.25, -0.2) is 4.98 Å². The summed E-state index contributed by atoms with van der Waals surface area (Å²) < 4.78 is 4.94. The quantitative estimate of drug-likeness (QED) is 0.856. The fourth-order valence-electron chi connectivity index (χ4n) is 3.03. The van der Waals surface area contributed by atoms with Crippen LogP contribution in [0.25, 0.3) is 0 Å². The van der Waals surface area contributed by atoms with E-state index >= 15 is 0 Å². The van der Waals surface area contributed by atoms with Crippen LogP contribution < -0.4 is 4.90 Å². The summed E-state index contributed by atoms with van der Waals surface area (Å²) in [5.41, 5.74) is 0.626. The fraction of sp³-hybridized carbons (Fsp3) is 0.529. The minimum absolute atomic E-state index is 0.0776. The van der Waals surface area contributed by atoms with Gasteiger partial charge in [0.15, 0.2) is 5.82 Å². The molecule has 1 amide bonds. The van der Waals surface area contributed by atoms with Crippen molar-refractivity contribution in [3.05, 3.63) is 35.6 Å². The molecule has 1 atom stereocenters. The number of amides is 1. The summed E-state index contributed by atoms with van der Waals surface area (Å²) in [6.45, 7) is 6.28. The van der Waals surface area contributed by atoms with Gasteiger partial charge in [0.1, 0.15) is 5.82 Å². The standard InChI is InChI=1S/C17H23N5O2/c1-12-5-4-8-22(10-12)16-9-14(6-7-18-16)17(23)21(3)11-15-19-13(2)24-20-15/h6-7,9,12H,4-5,8,10-11H2,1-3H3. The molecule has 2 aromatic rings. The minimum Gasteiger partial charge on any atom is -0.356 e. The van der Waals surface area contributed by atoms with Gasteiger partial charge >= 0.3 is 0 Å². The number of pyridine rings is 1.